The molecule has 4 aromatic heterocycles. The number of rotatable bonds is 28. The molecule has 2 amide bonds. The van der Waals surface area contributed by atoms with Crippen molar-refractivity contribution in [3.8, 4) is 67.8 Å². The van der Waals surface area contributed by atoms with Gasteiger partial charge in [0.2, 0.25) is 0 Å². The van der Waals surface area contributed by atoms with Crippen LogP contribution in [0.4, 0.5) is 20.2 Å². The second-order valence-corrected chi connectivity index (χ2v) is 21.9. The van der Waals surface area contributed by atoms with E-state index in [2.05, 4.69) is 20.6 Å². The van der Waals surface area contributed by atoms with Gasteiger partial charge in [0.15, 0.2) is 0 Å². The van der Waals surface area contributed by atoms with E-state index in [0.29, 0.717) is 102 Å². The van der Waals surface area contributed by atoms with Crippen LogP contribution in [0.1, 0.15) is 110 Å². The van der Waals surface area contributed by atoms with Crippen LogP contribution in [-0.2, 0) is 22.7 Å². The molecule has 0 bridgehead atoms. The summed E-state index contributed by atoms with van der Waals surface area (Å²) in [5.41, 5.74) is 8.01. The quantitative estimate of drug-likeness (QED) is 0.0251. The van der Waals surface area contributed by atoms with Crippen molar-refractivity contribution >= 4 is 72.9 Å². The Hall–Kier alpha value is -8.22. The Morgan fingerprint density at radius 2 is 0.835 bits per heavy atom. The van der Waals surface area contributed by atoms with Crippen molar-refractivity contribution in [3.05, 3.63) is 168 Å². The number of halogens is 2. The number of benzene rings is 4. The van der Waals surface area contributed by atoms with E-state index < -0.39 is 72.6 Å². The van der Waals surface area contributed by atoms with Crippen molar-refractivity contribution in [1.82, 2.24) is 19.1 Å². The molecule has 8 aromatic rings. The van der Waals surface area contributed by atoms with Crippen LogP contribution in [0.5, 0.6) is 23.0 Å². The van der Waals surface area contributed by atoms with Crippen LogP contribution in [0, 0.1) is 11.6 Å². The van der Waals surface area contributed by atoms with Crippen LogP contribution >= 0.6 is 0 Å². The van der Waals surface area contributed by atoms with Crippen LogP contribution in [-0.4, -0.2) is 154 Å². The summed E-state index contributed by atoms with van der Waals surface area (Å²) in [5.74, 6) is -2.98. The molecule has 0 radical (unpaired) electrons. The number of aliphatic hydroxyl groups excluding tert-OH is 4. The van der Waals surface area contributed by atoms with Gasteiger partial charge in [0, 0.05) is 97.3 Å². The maximum Gasteiger partial charge on any atom is 2.00 e. The molecule has 4 heterocycles. The number of carboxylic acid groups (broad SMARTS) is 2. The predicted octanol–water partition coefficient (Wildman–Crippen LogP) is 8.40. The fourth-order valence-electron chi connectivity index (χ4n) is 11.0. The van der Waals surface area contributed by atoms with Gasteiger partial charge in [0.05, 0.1) is 86.7 Å². The van der Waals surface area contributed by atoms with Crippen molar-refractivity contribution in [1.29, 1.82) is 0 Å². The summed E-state index contributed by atoms with van der Waals surface area (Å²) in [4.78, 5) is 58.9. The summed E-state index contributed by atoms with van der Waals surface area (Å²) in [6, 6.07) is 29.1. The van der Waals surface area contributed by atoms with Gasteiger partial charge in [-0.25, -0.2) is 8.78 Å². The first-order valence-corrected chi connectivity index (χ1v) is 29.1. The molecule has 20 nitrogen and oxygen atoms in total. The Kier molecular flexibility index (Phi) is 26.6. The third-order valence-corrected chi connectivity index (χ3v) is 14.9. The summed E-state index contributed by atoms with van der Waals surface area (Å²) in [7, 11) is 6.04. The van der Waals surface area contributed by atoms with Gasteiger partial charge in [0.1, 0.15) is 34.6 Å². The zero-order chi connectivity index (χ0) is 65.3. The van der Waals surface area contributed by atoms with E-state index in [4.69, 9.17) is 18.9 Å². The number of hydrogen-bond acceptors (Lipinski definition) is 16. The van der Waals surface area contributed by atoms with Gasteiger partial charge in [-0.15, -0.1) is 0 Å². The van der Waals surface area contributed by atoms with E-state index in [1.165, 1.54) is 52.7 Å². The fraction of sp³-hybridized carbons (Fsp3) is 0.324. The number of ether oxygens (including phenoxy) is 4. The smallest absolute Gasteiger partial charge is 0.550 e. The van der Waals surface area contributed by atoms with Crippen molar-refractivity contribution in [2.24, 2.45) is 0 Å². The number of methoxy groups -OCH3 is 4. The first kappa shape index (κ1) is 71.9. The number of carbonyl (C=O) groups excluding carboxylic acids is 4. The van der Waals surface area contributed by atoms with Gasteiger partial charge in [-0.2, -0.15) is 0 Å². The summed E-state index contributed by atoms with van der Waals surface area (Å²) in [6.45, 7) is 8.19. The third-order valence-electron chi connectivity index (χ3n) is 14.9. The predicted molar refractivity (Wildman–Crippen MR) is 337 cm³/mol. The van der Waals surface area contributed by atoms with E-state index in [1.807, 2.05) is 36.8 Å². The SMILES string of the molecule is COc1ccc(NC(=O)c2c(-c3ccncc3)c(-c3ccc(F)cc3)n(CC[C@@H](O)C[C@@H](O)CC(=O)[O-])c2C(C)C)c(OC)c1.COc1ccc(NC(=O)c2c(-c3ccncc3)c(-c3ccc(F)cc3)n(CC[C@@H](O)C[C@@H](O)CC(=O)[O-])c2C(C)C)c(OC)c1.[Ca+2]. The zero-order valence-electron chi connectivity index (χ0n) is 51.9. The van der Waals surface area contributed by atoms with Crippen LogP contribution in [0.3, 0.4) is 0 Å². The third kappa shape index (κ3) is 18.5. The second-order valence-electron chi connectivity index (χ2n) is 21.9. The average molecular weight is 1280 g/mol. The minimum Gasteiger partial charge on any atom is -0.550 e. The molecule has 0 saturated carbocycles. The molecule has 4 aromatic carbocycles. The van der Waals surface area contributed by atoms with Crippen molar-refractivity contribution in [2.45, 2.75) is 116 Å². The summed E-state index contributed by atoms with van der Waals surface area (Å²) >= 11 is 0. The Bertz CT molecular complexity index is 3490. The van der Waals surface area contributed by atoms with E-state index in [9.17, 15) is 58.6 Å². The molecule has 0 aliphatic rings. The van der Waals surface area contributed by atoms with Crippen LogP contribution in [0.15, 0.2) is 134 Å². The van der Waals surface area contributed by atoms with Crippen molar-refractivity contribution in [2.75, 3.05) is 39.1 Å². The Morgan fingerprint density at radius 1 is 0.495 bits per heavy atom. The van der Waals surface area contributed by atoms with Gasteiger partial charge >= 0.3 is 37.7 Å². The molecule has 8 rings (SSSR count). The van der Waals surface area contributed by atoms with E-state index >= 15 is 0 Å². The number of anilines is 2. The maximum absolute atomic E-state index is 14.4. The second kappa shape index (κ2) is 33.7. The molecule has 23 heteroatoms. The van der Waals surface area contributed by atoms with E-state index in [-0.39, 0.29) is 88.3 Å². The molecule has 0 fully saturated rings. The molecule has 0 aliphatic carbocycles. The normalized spacial score (nSPS) is 12.4. The van der Waals surface area contributed by atoms with E-state index in [0.717, 1.165) is 0 Å². The number of carbonyl (C=O) groups is 4. The summed E-state index contributed by atoms with van der Waals surface area (Å²) in [6.07, 6.45) is 0.577. The molecular formula is C68H74CaF2N6O14. The molecule has 91 heavy (non-hydrogen) atoms. The molecule has 0 spiro atoms. The monoisotopic (exact) mass is 1280 g/mol. The van der Waals surface area contributed by atoms with Crippen LogP contribution in [0.2, 0.25) is 0 Å². The minimum atomic E-state index is -1.41. The molecular weight excluding hydrogens is 1200 g/mol. The number of pyridine rings is 2. The number of nitrogens with zero attached hydrogens (tertiary/aromatic N) is 4. The number of amides is 2. The first-order chi connectivity index (χ1) is 43.1. The van der Waals surface area contributed by atoms with Crippen LogP contribution in [0.25, 0.3) is 44.8 Å². The van der Waals surface area contributed by atoms with Crippen LogP contribution < -0.4 is 39.8 Å². The van der Waals surface area contributed by atoms with Gasteiger partial charge in [-0.3, -0.25) is 19.6 Å². The van der Waals surface area contributed by atoms with Gasteiger partial charge in [-0.05, 0) is 157 Å². The number of aliphatic carboxylic acids is 2. The topological polar surface area (TPSA) is 292 Å². The standard InChI is InChI=1S/2C34H38FN3O7.Ca/c2*1-20(2)32-31(34(43)37-27-10-9-26(44-3)19-28(27)45-4)30(21-11-14-36-15-12-21)33(22-5-7-23(35)8-6-22)38(32)16-13-24(39)17-25(40)18-29(41)42;/h2*5-12,14-15,19-20,24-25,39-40H,13,16-18H2,1-4H3,(H,37,43)(H,41,42);/q;;+2/p-2/t2*24-,25-;/m11./s1. The number of hydrogen-bond donors (Lipinski definition) is 6. The van der Waals surface area contributed by atoms with E-state index in [1.54, 1.807) is 110 Å². The molecule has 6 N–H and O–H groups in total. The molecule has 0 aliphatic heterocycles. The minimum absolute atomic E-state index is 0. The van der Waals surface area contributed by atoms with Gasteiger partial charge in [0.25, 0.3) is 11.8 Å². The Labute approximate surface area is 556 Å². The van der Waals surface area contributed by atoms with Crippen molar-refractivity contribution in [3.63, 3.8) is 0 Å². The Morgan fingerprint density at radius 3 is 1.13 bits per heavy atom. The number of aliphatic hydroxyl groups is 4. The Balaban J connectivity index is 0.000000286. The molecule has 0 saturated heterocycles. The molecule has 4 atom stereocenters. The first-order valence-electron chi connectivity index (χ1n) is 29.1. The molecule has 0 unspecified atom stereocenters. The number of nitrogens with one attached hydrogen (secondary N) is 2. The molecule has 476 valence electrons. The van der Waals surface area contributed by atoms with Crippen molar-refractivity contribution < 1.29 is 77.5 Å². The fourth-order valence-corrected chi connectivity index (χ4v) is 11.0. The van der Waals surface area contributed by atoms with Gasteiger partial charge in [-0.1, -0.05) is 27.7 Å². The zero-order valence-corrected chi connectivity index (χ0v) is 54.2. The van der Waals surface area contributed by atoms with Gasteiger partial charge < -0.3 is 78.9 Å². The number of aromatic nitrogens is 4. The summed E-state index contributed by atoms with van der Waals surface area (Å²) < 4.78 is 53.7. The largest absolute Gasteiger partial charge is 2.00 e. The summed E-state index contributed by atoms with van der Waals surface area (Å²) in [5, 5.41) is 69.5. The number of carboxylic acids is 2. The average Bonchev–Trinajstić information content (AvgIpc) is 1.64. The maximum atomic E-state index is 14.4.